The maximum absolute atomic E-state index is 12.1. The molecule has 1 saturated heterocycles. The van der Waals surface area contributed by atoms with E-state index in [1.165, 1.54) is 6.20 Å². The van der Waals surface area contributed by atoms with Crippen LogP contribution in [0.25, 0.3) is 0 Å². The number of rotatable bonds is 7. The SMILES string of the molecule is COc1ccccc1N/C=C(/C#N)C(=O)NCCN1CCOCC1. The van der Waals surface area contributed by atoms with Crippen molar-refractivity contribution in [2.45, 2.75) is 0 Å². The van der Waals surface area contributed by atoms with Gasteiger partial charge >= 0.3 is 0 Å². The molecule has 0 aromatic heterocycles. The number of anilines is 1. The largest absolute Gasteiger partial charge is 0.495 e. The van der Waals surface area contributed by atoms with Crippen LogP contribution < -0.4 is 15.4 Å². The zero-order valence-electron chi connectivity index (χ0n) is 13.7. The number of ether oxygens (including phenoxy) is 2. The predicted octanol–water partition coefficient (Wildman–Crippen LogP) is 0.963. The summed E-state index contributed by atoms with van der Waals surface area (Å²) in [5.74, 6) is 0.243. The summed E-state index contributed by atoms with van der Waals surface area (Å²) in [6.07, 6.45) is 1.39. The number of methoxy groups -OCH3 is 1. The van der Waals surface area contributed by atoms with Crippen molar-refractivity contribution in [2.75, 3.05) is 51.8 Å². The Kier molecular flexibility index (Phi) is 7.08. The van der Waals surface area contributed by atoms with Gasteiger partial charge in [0.2, 0.25) is 0 Å². The normalized spacial score (nSPS) is 15.4. The van der Waals surface area contributed by atoms with E-state index in [1.54, 1.807) is 19.2 Å². The number of benzene rings is 1. The lowest BCUT2D eigenvalue weighted by molar-refractivity contribution is -0.117. The minimum atomic E-state index is -0.395. The Morgan fingerprint density at radius 3 is 2.88 bits per heavy atom. The van der Waals surface area contributed by atoms with Gasteiger partial charge in [-0.25, -0.2) is 0 Å². The van der Waals surface area contributed by atoms with E-state index in [9.17, 15) is 10.1 Å². The standard InChI is InChI=1S/C17H22N4O3/c1-23-16-5-3-2-4-15(16)20-13-14(12-18)17(22)19-6-7-21-8-10-24-11-9-21/h2-5,13,20H,6-11H2,1H3,(H,19,22)/b14-13-. The Bertz CT molecular complexity index is 619. The summed E-state index contributed by atoms with van der Waals surface area (Å²) in [7, 11) is 1.56. The van der Waals surface area contributed by atoms with E-state index < -0.39 is 5.91 Å². The lowest BCUT2D eigenvalue weighted by Crippen LogP contribution is -2.41. The molecule has 1 aliphatic rings. The highest BCUT2D eigenvalue weighted by Gasteiger charge is 2.12. The fourth-order valence-corrected chi connectivity index (χ4v) is 2.31. The predicted molar refractivity (Wildman–Crippen MR) is 90.6 cm³/mol. The Hall–Kier alpha value is -2.56. The second-order valence-electron chi connectivity index (χ2n) is 5.22. The molecule has 0 spiro atoms. The second-order valence-corrected chi connectivity index (χ2v) is 5.22. The Labute approximate surface area is 141 Å². The van der Waals surface area contributed by atoms with E-state index in [2.05, 4.69) is 15.5 Å². The maximum Gasteiger partial charge on any atom is 0.263 e. The first-order chi connectivity index (χ1) is 11.7. The number of carbonyl (C=O) groups is 1. The minimum absolute atomic E-state index is 0.0166. The summed E-state index contributed by atoms with van der Waals surface area (Å²) in [5, 5.41) is 14.9. The number of nitrogens with zero attached hydrogens (tertiary/aromatic N) is 2. The molecule has 1 amide bonds. The molecule has 1 aromatic rings. The van der Waals surface area contributed by atoms with Gasteiger partial charge in [0.1, 0.15) is 17.4 Å². The molecule has 1 fully saturated rings. The van der Waals surface area contributed by atoms with Gasteiger partial charge in [0.25, 0.3) is 5.91 Å². The second kappa shape index (κ2) is 9.55. The van der Waals surface area contributed by atoms with E-state index in [4.69, 9.17) is 9.47 Å². The molecule has 2 rings (SSSR count). The molecule has 1 aromatic carbocycles. The van der Waals surface area contributed by atoms with Gasteiger partial charge in [-0.05, 0) is 12.1 Å². The van der Waals surface area contributed by atoms with Crippen LogP contribution in [0.1, 0.15) is 0 Å². The monoisotopic (exact) mass is 330 g/mol. The first-order valence-corrected chi connectivity index (χ1v) is 7.82. The van der Waals surface area contributed by atoms with Crippen LogP contribution in [0.5, 0.6) is 5.75 Å². The van der Waals surface area contributed by atoms with Gasteiger partial charge < -0.3 is 20.1 Å². The first-order valence-electron chi connectivity index (χ1n) is 7.82. The van der Waals surface area contributed by atoms with Gasteiger partial charge in [-0.1, -0.05) is 12.1 Å². The van der Waals surface area contributed by atoms with E-state index in [-0.39, 0.29) is 5.57 Å². The van der Waals surface area contributed by atoms with Gasteiger partial charge in [-0.15, -0.1) is 0 Å². The van der Waals surface area contributed by atoms with Crippen LogP contribution in [0.4, 0.5) is 5.69 Å². The molecule has 1 aliphatic heterocycles. The molecule has 128 valence electrons. The third kappa shape index (κ3) is 5.26. The van der Waals surface area contributed by atoms with E-state index in [0.29, 0.717) is 18.0 Å². The van der Waals surface area contributed by atoms with Crippen LogP contribution in [0.2, 0.25) is 0 Å². The van der Waals surface area contributed by atoms with Crippen molar-refractivity contribution in [3.63, 3.8) is 0 Å². The van der Waals surface area contributed by atoms with Gasteiger partial charge in [0.05, 0.1) is 26.0 Å². The van der Waals surface area contributed by atoms with E-state index in [0.717, 1.165) is 32.8 Å². The number of hydrogen-bond donors (Lipinski definition) is 2. The number of morpholine rings is 1. The van der Waals surface area contributed by atoms with Crippen LogP contribution in [0.3, 0.4) is 0 Å². The van der Waals surface area contributed by atoms with Crippen molar-refractivity contribution >= 4 is 11.6 Å². The Morgan fingerprint density at radius 1 is 1.42 bits per heavy atom. The molecule has 0 saturated carbocycles. The van der Waals surface area contributed by atoms with Crippen LogP contribution in [-0.2, 0) is 9.53 Å². The zero-order chi connectivity index (χ0) is 17.2. The summed E-state index contributed by atoms with van der Waals surface area (Å²) in [6.45, 7) is 4.42. The smallest absolute Gasteiger partial charge is 0.263 e. The van der Waals surface area contributed by atoms with Crippen molar-refractivity contribution in [3.05, 3.63) is 36.0 Å². The fourth-order valence-electron chi connectivity index (χ4n) is 2.31. The summed E-state index contributed by atoms with van der Waals surface area (Å²) >= 11 is 0. The lowest BCUT2D eigenvalue weighted by atomic mass is 10.2. The lowest BCUT2D eigenvalue weighted by Gasteiger charge is -2.26. The average molecular weight is 330 g/mol. The summed E-state index contributed by atoms with van der Waals surface area (Å²) in [6, 6.07) is 9.20. The van der Waals surface area contributed by atoms with Crippen LogP contribution >= 0.6 is 0 Å². The quantitative estimate of drug-likeness (QED) is 0.572. The van der Waals surface area contributed by atoms with Gasteiger partial charge in [0, 0.05) is 32.4 Å². The number of nitrogens with one attached hydrogen (secondary N) is 2. The molecule has 7 nitrogen and oxygen atoms in total. The summed E-state index contributed by atoms with van der Waals surface area (Å²) in [4.78, 5) is 14.3. The highest BCUT2D eigenvalue weighted by molar-refractivity contribution is 5.97. The van der Waals surface area contributed by atoms with Crippen LogP contribution in [-0.4, -0.2) is 57.3 Å². The van der Waals surface area contributed by atoms with Crippen molar-refractivity contribution in [3.8, 4) is 11.8 Å². The first kappa shape index (κ1) is 17.8. The van der Waals surface area contributed by atoms with Crippen molar-refractivity contribution in [1.29, 1.82) is 5.26 Å². The molecule has 0 atom stereocenters. The molecular weight excluding hydrogens is 308 g/mol. The van der Waals surface area contributed by atoms with Gasteiger partial charge in [0.15, 0.2) is 0 Å². The number of nitriles is 1. The highest BCUT2D eigenvalue weighted by atomic mass is 16.5. The van der Waals surface area contributed by atoms with Crippen molar-refractivity contribution in [2.24, 2.45) is 0 Å². The molecule has 7 heteroatoms. The number of hydrogen-bond acceptors (Lipinski definition) is 6. The maximum atomic E-state index is 12.1. The Morgan fingerprint density at radius 2 is 2.17 bits per heavy atom. The molecule has 0 unspecified atom stereocenters. The van der Waals surface area contributed by atoms with Gasteiger partial charge in [-0.2, -0.15) is 5.26 Å². The molecule has 24 heavy (non-hydrogen) atoms. The molecule has 0 radical (unpaired) electrons. The minimum Gasteiger partial charge on any atom is -0.495 e. The zero-order valence-corrected chi connectivity index (χ0v) is 13.7. The molecular formula is C17H22N4O3. The average Bonchev–Trinajstić information content (AvgIpc) is 2.63. The van der Waals surface area contributed by atoms with Crippen molar-refractivity contribution < 1.29 is 14.3 Å². The Balaban J connectivity index is 1.85. The molecule has 0 aliphatic carbocycles. The van der Waals surface area contributed by atoms with Crippen LogP contribution in [0, 0.1) is 11.3 Å². The van der Waals surface area contributed by atoms with E-state index in [1.807, 2.05) is 18.2 Å². The highest BCUT2D eigenvalue weighted by Crippen LogP contribution is 2.23. The third-order valence-corrected chi connectivity index (χ3v) is 3.66. The topological polar surface area (TPSA) is 86.6 Å². The van der Waals surface area contributed by atoms with Crippen LogP contribution in [0.15, 0.2) is 36.0 Å². The molecule has 2 N–H and O–H groups in total. The third-order valence-electron chi connectivity index (χ3n) is 3.66. The molecule has 1 heterocycles. The number of carbonyl (C=O) groups excluding carboxylic acids is 1. The van der Waals surface area contributed by atoms with Crippen molar-refractivity contribution in [1.82, 2.24) is 10.2 Å². The molecule has 0 bridgehead atoms. The number of amides is 1. The van der Waals surface area contributed by atoms with E-state index >= 15 is 0 Å². The number of para-hydroxylation sites is 2. The fraction of sp³-hybridized carbons (Fsp3) is 0.412. The van der Waals surface area contributed by atoms with Gasteiger partial charge in [-0.3, -0.25) is 9.69 Å². The summed E-state index contributed by atoms with van der Waals surface area (Å²) < 4.78 is 10.5. The summed E-state index contributed by atoms with van der Waals surface area (Å²) in [5.41, 5.74) is 0.705.